The van der Waals surface area contributed by atoms with Gasteiger partial charge in [-0.15, -0.1) is 0 Å². The molecule has 4 rings (SSSR count). The van der Waals surface area contributed by atoms with Crippen LogP contribution in [0.5, 0.6) is 11.5 Å². The number of ether oxygens (including phenoxy) is 3. The van der Waals surface area contributed by atoms with Crippen LogP contribution in [-0.4, -0.2) is 65.4 Å². The summed E-state index contributed by atoms with van der Waals surface area (Å²) in [6.45, 7) is 5.76. The second-order valence-electron chi connectivity index (χ2n) is 9.92. The lowest BCUT2D eigenvalue weighted by Gasteiger charge is -2.19. The predicted molar refractivity (Wildman–Crippen MR) is 152 cm³/mol. The standard InChI is InChI=1S/C29H32N6O6/c1-29(2,3)41-28(38)32-15-14-31-26(36)18-6-9-20(10-7-18)33-27(37)21-17-25-30-13-12-22(35(25)34-21)19-8-11-23(39-4)24(16-19)40-5/h6-13,16-17H,14-15H2,1-5H3,(H,31,36)(H,32,38)(H,33,37). The highest BCUT2D eigenvalue weighted by Crippen LogP contribution is 2.32. The first-order valence-corrected chi connectivity index (χ1v) is 12.8. The van der Waals surface area contributed by atoms with Crippen LogP contribution < -0.4 is 25.4 Å². The summed E-state index contributed by atoms with van der Waals surface area (Å²) in [6.07, 6.45) is 1.09. The average molecular weight is 561 g/mol. The van der Waals surface area contributed by atoms with Gasteiger partial charge in [0.1, 0.15) is 5.60 Å². The molecule has 4 aromatic rings. The summed E-state index contributed by atoms with van der Waals surface area (Å²) in [7, 11) is 3.13. The van der Waals surface area contributed by atoms with E-state index in [-0.39, 0.29) is 24.7 Å². The maximum absolute atomic E-state index is 13.0. The number of hydrogen-bond acceptors (Lipinski definition) is 8. The lowest BCUT2D eigenvalue weighted by Crippen LogP contribution is -2.37. The van der Waals surface area contributed by atoms with E-state index in [1.807, 2.05) is 12.1 Å². The van der Waals surface area contributed by atoms with Crippen LogP contribution in [-0.2, 0) is 4.74 Å². The third kappa shape index (κ3) is 7.29. The third-order valence-electron chi connectivity index (χ3n) is 5.75. The number of aromatic nitrogens is 3. The molecule has 0 fully saturated rings. The molecule has 0 spiro atoms. The number of carbonyl (C=O) groups is 3. The van der Waals surface area contributed by atoms with Crippen LogP contribution in [0.2, 0.25) is 0 Å². The number of nitrogens with zero attached hydrogens (tertiary/aromatic N) is 3. The molecule has 12 nitrogen and oxygen atoms in total. The zero-order valence-corrected chi connectivity index (χ0v) is 23.5. The number of nitrogens with one attached hydrogen (secondary N) is 3. The van der Waals surface area contributed by atoms with Gasteiger partial charge in [-0.05, 0) is 69.3 Å². The minimum absolute atomic E-state index is 0.171. The van der Waals surface area contributed by atoms with E-state index in [0.717, 1.165) is 5.56 Å². The molecule has 2 heterocycles. The fourth-order valence-corrected chi connectivity index (χ4v) is 3.88. The van der Waals surface area contributed by atoms with Gasteiger partial charge in [0.05, 0.1) is 19.9 Å². The Morgan fingerprint density at radius 2 is 1.56 bits per heavy atom. The van der Waals surface area contributed by atoms with E-state index in [1.54, 1.807) is 88.2 Å². The highest BCUT2D eigenvalue weighted by Gasteiger charge is 2.17. The lowest BCUT2D eigenvalue weighted by atomic mass is 10.1. The highest BCUT2D eigenvalue weighted by molar-refractivity contribution is 6.04. The number of carbonyl (C=O) groups excluding carboxylic acids is 3. The molecule has 0 aliphatic rings. The Morgan fingerprint density at radius 1 is 0.854 bits per heavy atom. The van der Waals surface area contributed by atoms with E-state index in [4.69, 9.17) is 14.2 Å². The van der Waals surface area contributed by atoms with Crippen molar-refractivity contribution in [2.24, 2.45) is 0 Å². The van der Waals surface area contributed by atoms with Gasteiger partial charge < -0.3 is 30.2 Å². The number of benzene rings is 2. The van der Waals surface area contributed by atoms with Gasteiger partial charge in [-0.3, -0.25) is 9.59 Å². The van der Waals surface area contributed by atoms with E-state index in [9.17, 15) is 14.4 Å². The van der Waals surface area contributed by atoms with Crippen LogP contribution in [0.1, 0.15) is 41.6 Å². The van der Waals surface area contributed by atoms with Crippen molar-refractivity contribution in [3.05, 3.63) is 72.1 Å². The molecule has 12 heteroatoms. The fraction of sp³-hybridized carbons (Fsp3) is 0.276. The molecule has 0 radical (unpaired) electrons. The van der Waals surface area contributed by atoms with Gasteiger partial charge in [-0.2, -0.15) is 5.10 Å². The molecule has 0 saturated heterocycles. The summed E-state index contributed by atoms with van der Waals surface area (Å²) < 4.78 is 17.5. The van der Waals surface area contributed by atoms with Gasteiger partial charge in [-0.25, -0.2) is 14.3 Å². The van der Waals surface area contributed by atoms with Gasteiger partial charge in [0.15, 0.2) is 22.8 Å². The van der Waals surface area contributed by atoms with E-state index < -0.39 is 17.6 Å². The van der Waals surface area contributed by atoms with E-state index in [2.05, 4.69) is 26.0 Å². The predicted octanol–water partition coefficient (Wildman–Crippen LogP) is 3.92. The summed E-state index contributed by atoms with van der Waals surface area (Å²) in [5, 5.41) is 12.6. The van der Waals surface area contributed by atoms with Crippen molar-refractivity contribution >= 4 is 29.2 Å². The maximum atomic E-state index is 13.0. The number of alkyl carbamates (subject to hydrolysis) is 1. The molecule has 0 bridgehead atoms. The van der Waals surface area contributed by atoms with Crippen molar-refractivity contribution in [1.29, 1.82) is 0 Å². The zero-order valence-electron chi connectivity index (χ0n) is 23.5. The molecule has 3 N–H and O–H groups in total. The Kier molecular flexibility index (Phi) is 8.71. The first-order valence-electron chi connectivity index (χ1n) is 12.8. The van der Waals surface area contributed by atoms with Crippen molar-refractivity contribution in [3.63, 3.8) is 0 Å². The number of hydrogen-bond donors (Lipinski definition) is 3. The van der Waals surface area contributed by atoms with Gasteiger partial charge >= 0.3 is 6.09 Å². The topological polar surface area (TPSA) is 145 Å². The highest BCUT2D eigenvalue weighted by atomic mass is 16.6. The molecular weight excluding hydrogens is 528 g/mol. The smallest absolute Gasteiger partial charge is 0.407 e. The monoisotopic (exact) mass is 560 g/mol. The first-order chi connectivity index (χ1) is 19.6. The van der Waals surface area contributed by atoms with Crippen LogP contribution in [0.4, 0.5) is 10.5 Å². The Hall–Kier alpha value is -5.13. The Bertz CT molecular complexity index is 1560. The zero-order chi connectivity index (χ0) is 29.6. The number of anilines is 1. The SMILES string of the molecule is COc1ccc(-c2ccnc3cc(C(=O)Nc4ccc(C(=O)NCCNC(=O)OC(C)(C)C)cc4)nn23)cc1OC. The molecule has 0 aliphatic carbocycles. The van der Waals surface area contributed by atoms with Crippen molar-refractivity contribution in [2.45, 2.75) is 26.4 Å². The van der Waals surface area contributed by atoms with Gasteiger partial charge in [0, 0.05) is 42.2 Å². The van der Waals surface area contributed by atoms with E-state index in [1.165, 1.54) is 0 Å². The summed E-state index contributed by atoms with van der Waals surface area (Å²) in [5.41, 5.74) is 2.48. The Labute approximate surface area is 237 Å². The average Bonchev–Trinajstić information content (AvgIpc) is 3.39. The number of amides is 3. The molecule has 3 amide bonds. The third-order valence-corrected chi connectivity index (χ3v) is 5.75. The Morgan fingerprint density at radius 3 is 2.24 bits per heavy atom. The molecule has 2 aromatic carbocycles. The Balaban J connectivity index is 1.38. The van der Waals surface area contributed by atoms with Gasteiger partial charge in [0.2, 0.25) is 0 Å². The minimum Gasteiger partial charge on any atom is -0.493 e. The molecule has 0 saturated carbocycles. The van der Waals surface area contributed by atoms with Crippen molar-refractivity contribution in [1.82, 2.24) is 25.2 Å². The summed E-state index contributed by atoms with van der Waals surface area (Å²) >= 11 is 0. The lowest BCUT2D eigenvalue weighted by molar-refractivity contribution is 0.0526. The van der Waals surface area contributed by atoms with Crippen LogP contribution in [0.15, 0.2) is 60.8 Å². The fourth-order valence-electron chi connectivity index (χ4n) is 3.88. The van der Waals surface area contributed by atoms with Crippen LogP contribution in [0.25, 0.3) is 16.9 Å². The second kappa shape index (κ2) is 12.4. The minimum atomic E-state index is -0.596. The van der Waals surface area contributed by atoms with E-state index >= 15 is 0 Å². The largest absolute Gasteiger partial charge is 0.493 e. The molecular formula is C29H32N6O6. The first kappa shape index (κ1) is 28.9. The van der Waals surface area contributed by atoms with Crippen molar-refractivity contribution in [3.8, 4) is 22.8 Å². The normalized spacial score (nSPS) is 11.0. The second-order valence-corrected chi connectivity index (χ2v) is 9.92. The molecule has 0 atom stereocenters. The molecule has 41 heavy (non-hydrogen) atoms. The number of methoxy groups -OCH3 is 2. The van der Waals surface area contributed by atoms with Crippen molar-refractivity contribution in [2.75, 3.05) is 32.6 Å². The number of rotatable bonds is 9. The van der Waals surface area contributed by atoms with Crippen LogP contribution in [0.3, 0.4) is 0 Å². The van der Waals surface area contributed by atoms with Crippen molar-refractivity contribution < 1.29 is 28.6 Å². The van der Waals surface area contributed by atoms with Gasteiger partial charge in [0.25, 0.3) is 11.8 Å². The molecule has 214 valence electrons. The number of fused-ring (bicyclic) bond motifs is 1. The molecule has 0 aliphatic heterocycles. The molecule has 2 aromatic heterocycles. The maximum Gasteiger partial charge on any atom is 0.407 e. The summed E-state index contributed by atoms with van der Waals surface area (Å²) in [5.74, 6) is 0.414. The van der Waals surface area contributed by atoms with Gasteiger partial charge in [-0.1, -0.05) is 0 Å². The van der Waals surface area contributed by atoms with Crippen LogP contribution >= 0.6 is 0 Å². The summed E-state index contributed by atoms with van der Waals surface area (Å²) in [4.78, 5) is 41.4. The van der Waals surface area contributed by atoms with E-state index in [0.29, 0.717) is 34.1 Å². The summed E-state index contributed by atoms with van der Waals surface area (Å²) in [6, 6.07) is 15.3. The molecule has 0 unspecified atom stereocenters. The van der Waals surface area contributed by atoms with Crippen LogP contribution in [0, 0.1) is 0 Å². The quantitative estimate of drug-likeness (QED) is 0.261.